The summed E-state index contributed by atoms with van der Waals surface area (Å²) in [7, 11) is 3.26. The maximum absolute atomic E-state index is 11.5. The Morgan fingerprint density at radius 2 is 2.00 bits per heavy atom. The predicted molar refractivity (Wildman–Crippen MR) is 46.8 cm³/mol. The second-order valence-electron chi connectivity index (χ2n) is 4.03. The molecule has 1 rings (SSSR count). The highest BCUT2D eigenvalue weighted by atomic mass is 16.5. The average molecular weight is 171 g/mol. The van der Waals surface area contributed by atoms with Crippen molar-refractivity contribution in [3.8, 4) is 0 Å². The average Bonchev–Trinajstić information content (AvgIpc) is 2.04. The van der Waals surface area contributed by atoms with E-state index in [-0.39, 0.29) is 11.4 Å². The lowest BCUT2D eigenvalue weighted by Gasteiger charge is -2.53. The van der Waals surface area contributed by atoms with Gasteiger partial charge in [0.05, 0.1) is 7.11 Å². The van der Waals surface area contributed by atoms with E-state index in [0.717, 1.165) is 12.8 Å². The van der Waals surface area contributed by atoms with Gasteiger partial charge in [0.1, 0.15) is 5.54 Å². The monoisotopic (exact) mass is 171 g/mol. The Labute approximate surface area is 73.5 Å². The van der Waals surface area contributed by atoms with E-state index in [1.807, 2.05) is 7.05 Å². The maximum Gasteiger partial charge on any atom is 0.326 e. The van der Waals surface area contributed by atoms with E-state index in [0.29, 0.717) is 0 Å². The minimum Gasteiger partial charge on any atom is -0.468 e. The summed E-state index contributed by atoms with van der Waals surface area (Å²) >= 11 is 0. The number of hydrogen-bond donors (Lipinski definition) is 1. The summed E-state index contributed by atoms with van der Waals surface area (Å²) in [6.07, 6.45) is 1.95. The summed E-state index contributed by atoms with van der Waals surface area (Å²) in [5, 5.41) is 3.08. The van der Waals surface area contributed by atoms with Crippen LogP contribution in [0.1, 0.15) is 26.7 Å². The van der Waals surface area contributed by atoms with Crippen molar-refractivity contribution in [2.45, 2.75) is 32.2 Å². The summed E-state index contributed by atoms with van der Waals surface area (Å²) in [5.74, 6) is -0.138. The molecule has 1 N–H and O–H groups in total. The molecule has 1 aliphatic carbocycles. The highest BCUT2D eigenvalue weighted by molar-refractivity contribution is 5.83. The zero-order valence-corrected chi connectivity index (χ0v) is 8.23. The molecule has 0 radical (unpaired) electrons. The van der Waals surface area contributed by atoms with Gasteiger partial charge in [-0.25, -0.2) is 0 Å². The third kappa shape index (κ3) is 0.959. The number of carbonyl (C=O) groups excluding carboxylic acids is 1. The molecule has 0 heterocycles. The van der Waals surface area contributed by atoms with Gasteiger partial charge < -0.3 is 10.1 Å². The molecule has 0 aromatic heterocycles. The van der Waals surface area contributed by atoms with Crippen LogP contribution < -0.4 is 5.32 Å². The molecule has 1 aliphatic rings. The molecule has 0 spiro atoms. The number of esters is 1. The molecule has 3 heteroatoms. The van der Waals surface area contributed by atoms with Gasteiger partial charge in [-0.15, -0.1) is 0 Å². The first kappa shape index (κ1) is 9.52. The van der Waals surface area contributed by atoms with Crippen LogP contribution in [0, 0.1) is 5.41 Å². The Hall–Kier alpha value is -0.570. The first-order valence-corrected chi connectivity index (χ1v) is 4.27. The predicted octanol–water partition coefficient (Wildman–Crippen LogP) is 0.938. The summed E-state index contributed by atoms with van der Waals surface area (Å²) in [4.78, 5) is 11.5. The summed E-state index contributed by atoms with van der Waals surface area (Å²) < 4.78 is 4.78. The fraction of sp³-hybridized carbons (Fsp3) is 0.889. The van der Waals surface area contributed by atoms with Gasteiger partial charge in [-0.05, 0) is 25.3 Å². The van der Waals surface area contributed by atoms with Crippen molar-refractivity contribution >= 4 is 5.97 Å². The van der Waals surface area contributed by atoms with Crippen LogP contribution in [0.4, 0.5) is 0 Å². The van der Waals surface area contributed by atoms with Crippen LogP contribution in [-0.4, -0.2) is 25.7 Å². The molecule has 3 nitrogen and oxygen atoms in total. The molecule has 12 heavy (non-hydrogen) atoms. The SMILES string of the molecule is CNC1(C(=O)OC)CCC1(C)C. The largest absolute Gasteiger partial charge is 0.468 e. The van der Waals surface area contributed by atoms with Crippen LogP contribution in [0.5, 0.6) is 0 Å². The summed E-state index contributed by atoms with van der Waals surface area (Å²) in [5.41, 5.74) is -0.420. The molecule has 1 fully saturated rings. The van der Waals surface area contributed by atoms with Crippen molar-refractivity contribution in [3.63, 3.8) is 0 Å². The topological polar surface area (TPSA) is 38.3 Å². The van der Waals surface area contributed by atoms with Gasteiger partial charge in [0, 0.05) is 0 Å². The normalized spacial score (nSPS) is 32.3. The Balaban J connectivity index is 2.85. The molecule has 1 unspecified atom stereocenters. The van der Waals surface area contributed by atoms with Gasteiger partial charge in [0.15, 0.2) is 0 Å². The van der Waals surface area contributed by atoms with Crippen molar-refractivity contribution in [2.24, 2.45) is 5.41 Å². The third-order valence-corrected chi connectivity index (χ3v) is 3.24. The quantitative estimate of drug-likeness (QED) is 0.628. The molecule has 0 aromatic carbocycles. The second-order valence-corrected chi connectivity index (χ2v) is 4.03. The number of hydrogen-bond acceptors (Lipinski definition) is 3. The van der Waals surface area contributed by atoms with E-state index in [1.54, 1.807) is 0 Å². The second kappa shape index (κ2) is 2.73. The highest BCUT2D eigenvalue weighted by Gasteiger charge is 2.58. The molecule has 1 saturated carbocycles. The third-order valence-electron chi connectivity index (χ3n) is 3.24. The van der Waals surface area contributed by atoms with Crippen molar-refractivity contribution in [1.29, 1.82) is 0 Å². The first-order chi connectivity index (χ1) is 5.50. The molecule has 0 saturated heterocycles. The van der Waals surface area contributed by atoms with Crippen molar-refractivity contribution in [3.05, 3.63) is 0 Å². The molecule has 1 atom stereocenters. The van der Waals surface area contributed by atoms with Crippen molar-refractivity contribution in [2.75, 3.05) is 14.2 Å². The lowest BCUT2D eigenvalue weighted by atomic mass is 9.56. The molecule has 70 valence electrons. The fourth-order valence-electron chi connectivity index (χ4n) is 1.99. The zero-order chi connectivity index (χ0) is 9.41. The van der Waals surface area contributed by atoms with Crippen molar-refractivity contribution < 1.29 is 9.53 Å². The number of nitrogens with one attached hydrogen (secondary N) is 1. The van der Waals surface area contributed by atoms with Crippen LogP contribution in [0.25, 0.3) is 0 Å². The standard InChI is InChI=1S/C9H17NO2/c1-8(2)5-6-9(8,10-3)7(11)12-4/h10H,5-6H2,1-4H3. The van der Waals surface area contributed by atoms with Gasteiger partial charge in [0.25, 0.3) is 0 Å². The number of ether oxygens (including phenoxy) is 1. The van der Waals surface area contributed by atoms with Gasteiger partial charge in [0.2, 0.25) is 0 Å². The van der Waals surface area contributed by atoms with Gasteiger partial charge in [-0.3, -0.25) is 4.79 Å². The Morgan fingerprint density at radius 3 is 2.08 bits per heavy atom. The van der Waals surface area contributed by atoms with E-state index < -0.39 is 5.54 Å². The van der Waals surface area contributed by atoms with Gasteiger partial charge in [-0.1, -0.05) is 13.8 Å². The number of likely N-dealkylation sites (N-methyl/N-ethyl adjacent to an activating group) is 1. The van der Waals surface area contributed by atoms with E-state index in [4.69, 9.17) is 4.74 Å². The van der Waals surface area contributed by atoms with E-state index in [9.17, 15) is 4.79 Å². The molecule has 0 amide bonds. The summed E-state index contributed by atoms with van der Waals surface area (Å²) in [6.45, 7) is 4.17. The number of rotatable bonds is 2. The van der Waals surface area contributed by atoms with Crippen LogP contribution in [-0.2, 0) is 9.53 Å². The molecule has 0 aliphatic heterocycles. The van der Waals surface area contributed by atoms with Crippen molar-refractivity contribution in [1.82, 2.24) is 5.32 Å². The molecule has 0 aromatic rings. The van der Waals surface area contributed by atoms with Crippen LogP contribution in [0.2, 0.25) is 0 Å². The van der Waals surface area contributed by atoms with Gasteiger partial charge >= 0.3 is 5.97 Å². The van der Waals surface area contributed by atoms with E-state index in [1.165, 1.54) is 7.11 Å². The smallest absolute Gasteiger partial charge is 0.326 e. The van der Waals surface area contributed by atoms with Crippen LogP contribution >= 0.6 is 0 Å². The molecular weight excluding hydrogens is 154 g/mol. The Bertz CT molecular complexity index is 197. The fourth-order valence-corrected chi connectivity index (χ4v) is 1.99. The summed E-state index contributed by atoms with van der Waals surface area (Å²) in [6, 6.07) is 0. The van der Waals surface area contributed by atoms with Gasteiger partial charge in [-0.2, -0.15) is 0 Å². The Kier molecular flexibility index (Phi) is 2.17. The minimum atomic E-state index is -0.443. The van der Waals surface area contributed by atoms with Crippen LogP contribution in [0.15, 0.2) is 0 Å². The first-order valence-electron chi connectivity index (χ1n) is 4.27. The number of carbonyl (C=O) groups is 1. The van der Waals surface area contributed by atoms with Crippen LogP contribution in [0.3, 0.4) is 0 Å². The van der Waals surface area contributed by atoms with E-state index in [2.05, 4.69) is 19.2 Å². The minimum absolute atomic E-state index is 0.0227. The lowest BCUT2D eigenvalue weighted by Crippen LogP contribution is -2.67. The lowest BCUT2D eigenvalue weighted by molar-refractivity contribution is -0.163. The van der Waals surface area contributed by atoms with E-state index >= 15 is 0 Å². The zero-order valence-electron chi connectivity index (χ0n) is 8.23. The molecular formula is C9H17NO2. The maximum atomic E-state index is 11.5. The highest BCUT2D eigenvalue weighted by Crippen LogP contribution is 2.49. The molecule has 0 bridgehead atoms. The number of methoxy groups -OCH3 is 1. The Morgan fingerprint density at radius 1 is 1.42 bits per heavy atom.